The van der Waals surface area contributed by atoms with Crippen molar-refractivity contribution in [3.63, 3.8) is 0 Å². The molecule has 1 heterocycles. The Hall–Kier alpha value is -1.31. The minimum Gasteiger partial charge on any atom is -0.326 e. The number of nitrogens with two attached hydrogens (primary N) is 1. The van der Waals surface area contributed by atoms with Crippen LogP contribution in [-0.4, -0.2) is 4.98 Å². The summed E-state index contributed by atoms with van der Waals surface area (Å²) in [7, 11) is 0. The molecule has 1 aromatic heterocycles. The lowest BCUT2D eigenvalue weighted by Gasteiger charge is -2.12. The summed E-state index contributed by atoms with van der Waals surface area (Å²) in [6.45, 7) is -0.775. The Morgan fingerprint density at radius 1 is 1.31 bits per heavy atom. The zero-order valence-corrected chi connectivity index (χ0v) is 7.65. The normalized spacial score (nSPS) is 12.2. The van der Waals surface area contributed by atoms with Gasteiger partial charge in [0.1, 0.15) is 17.1 Å². The van der Waals surface area contributed by atoms with E-state index >= 15 is 0 Å². The van der Waals surface area contributed by atoms with Gasteiger partial charge in [-0.05, 0) is 0 Å². The summed E-state index contributed by atoms with van der Waals surface area (Å²) < 4.78 is 74.3. The van der Waals surface area contributed by atoms with Gasteiger partial charge >= 0.3 is 6.18 Å². The minimum atomic E-state index is -4.98. The van der Waals surface area contributed by atoms with Crippen LogP contribution in [0.15, 0.2) is 6.20 Å². The molecule has 1 aromatic rings. The van der Waals surface area contributed by atoms with Crippen molar-refractivity contribution in [3.8, 4) is 0 Å². The molecule has 0 bridgehead atoms. The van der Waals surface area contributed by atoms with Crippen LogP contribution in [0.5, 0.6) is 0 Å². The molecule has 2 nitrogen and oxygen atoms in total. The first-order valence-corrected chi connectivity index (χ1v) is 4.01. The molecule has 8 heteroatoms. The van der Waals surface area contributed by atoms with Crippen molar-refractivity contribution < 1.29 is 26.3 Å². The molecule has 0 aliphatic heterocycles. The second kappa shape index (κ2) is 4.28. The second-order valence-corrected chi connectivity index (χ2v) is 2.85. The first kappa shape index (κ1) is 12.8. The number of halogens is 6. The van der Waals surface area contributed by atoms with Crippen molar-refractivity contribution in [1.29, 1.82) is 0 Å². The van der Waals surface area contributed by atoms with Gasteiger partial charge in [-0.1, -0.05) is 0 Å². The number of rotatable bonds is 2. The highest BCUT2D eigenvalue weighted by atomic mass is 19.4. The van der Waals surface area contributed by atoms with E-state index in [9.17, 15) is 26.3 Å². The van der Waals surface area contributed by atoms with Crippen LogP contribution in [0, 0.1) is 5.82 Å². The van der Waals surface area contributed by atoms with Crippen molar-refractivity contribution in [2.45, 2.75) is 19.1 Å². The van der Waals surface area contributed by atoms with E-state index in [0.29, 0.717) is 0 Å². The van der Waals surface area contributed by atoms with Gasteiger partial charge in [0.15, 0.2) is 0 Å². The number of pyridine rings is 1. The van der Waals surface area contributed by atoms with Crippen molar-refractivity contribution >= 4 is 0 Å². The molecule has 0 saturated heterocycles. The molecule has 0 aliphatic rings. The molecule has 0 saturated carbocycles. The SMILES string of the molecule is NCc1c(C(F)F)ncc(C(F)(F)F)c1F. The third-order valence-corrected chi connectivity index (χ3v) is 1.86. The number of nitrogens with zero attached hydrogens (tertiary/aromatic N) is 1. The zero-order chi connectivity index (χ0) is 12.5. The van der Waals surface area contributed by atoms with Gasteiger partial charge in [-0.25, -0.2) is 13.2 Å². The van der Waals surface area contributed by atoms with Crippen LogP contribution >= 0.6 is 0 Å². The molecule has 0 unspecified atom stereocenters. The third kappa shape index (κ3) is 2.26. The predicted molar refractivity (Wildman–Crippen MR) is 42.0 cm³/mol. The van der Waals surface area contributed by atoms with Gasteiger partial charge in [-0.3, -0.25) is 4.98 Å². The molecular formula is C8H6F6N2. The Bertz CT molecular complexity index is 387. The van der Waals surface area contributed by atoms with Crippen LogP contribution in [0.3, 0.4) is 0 Å². The van der Waals surface area contributed by atoms with E-state index in [1.807, 2.05) is 0 Å². The van der Waals surface area contributed by atoms with Crippen molar-refractivity contribution in [3.05, 3.63) is 28.8 Å². The van der Waals surface area contributed by atoms with E-state index in [1.54, 1.807) is 0 Å². The van der Waals surface area contributed by atoms with Gasteiger partial charge in [0.25, 0.3) is 6.43 Å². The van der Waals surface area contributed by atoms with E-state index < -0.39 is 41.8 Å². The van der Waals surface area contributed by atoms with Crippen LogP contribution in [0.2, 0.25) is 0 Å². The van der Waals surface area contributed by atoms with Gasteiger partial charge in [-0.2, -0.15) is 13.2 Å². The van der Waals surface area contributed by atoms with Crippen molar-refractivity contribution in [1.82, 2.24) is 4.98 Å². The summed E-state index contributed by atoms with van der Waals surface area (Å²) in [4.78, 5) is 2.89. The second-order valence-electron chi connectivity index (χ2n) is 2.85. The van der Waals surface area contributed by atoms with E-state index in [1.165, 1.54) is 0 Å². The van der Waals surface area contributed by atoms with Crippen LogP contribution in [0.25, 0.3) is 0 Å². The molecule has 2 N–H and O–H groups in total. The van der Waals surface area contributed by atoms with E-state index in [2.05, 4.69) is 4.98 Å². The Balaban J connectivity index is 3.41. The number of alkyl halides is 5. The van der Waals surface area contributed by atoms with Gasteiger partial charge in [0.2, 0.25) is 0 Å². The maximum absolute atomic E-state index is 13.2. The maximum atomic E-state index is 13.2. The van der Waals surface area contributed by atoms with Crippen molar-refractivity contribution in [2.24, 2.45) is 5.73 Å². The molecule has 0 fully saturated rings. The fourth-order valence-electron chi connectivity index (χ4n) is 1.12. The van der Waals surface area contributed by atoms with Gasteiger partial charge < -0.3 is 5.73 Å². The molecule has 16 heavy (non-hydrogen) atoms. The lowest BCUT2D eigenvalue weighted by molar-refractivity contribution is -0.140. The molecule has 90 valence electrons. The highest BCUT2D eigenvalue weighted by molar-refractivity contribution is 5.30. The molecule has 0 aliphatic carbocycles. The van der Waals surface area contributed by atoms with Gasteiger partial charge in [0, 0.05) is 18.3 Å². The number of hydrogen-bond acceptors (Lipinski definition) is 2. The smallest absolute Gasteiger partial charge is 0.326 e. The summed E-state index contributed by atoms with van der Waals surface area (Å²) >= 11 is 0. The van der Waals surface area contributed by atoms with Crippen LogP contribution in [0.1, 0.15) is 23.2 Å². The quantitative estimate of drug-likeness (QED) is 0.812. The fourth-order valence-corrected chi connectivity index (χ4v) is 1.12. The molecular weight excluding hydrogens is 238 g/mol. The Kier molecular flexibility index (Phi) is 3.41. The first-order chi connectivity index (χ1) is 7.29. The Morgan fingerprint density at radius 2 is 1.88 bits per heavy atom. The molecule has 0 radical (unpaired) electrons. The van der Waals surface area contributed by atoms with E-state index in [4.69, 9.17) is 5.73 Å². The first-order valence-electron chi connectivity index (χ1n) is 4.01. The summed E-state index contributed by atoms with van der Waals surface area (Å²) in [5, 5.41) is 0. The molecule has 0 amide bonds. The lowest BCUT2D eigenvalue weighted by Crippen LogP contribution is -2.15. The number of hydrogen-bond donors (Lipinski definition) is 1. The van der Waals surface area contributed by atoms with E-state index in [0.717, 1.165) is 0 Å². The number of aromatic nitrogens is 1. The molecule has 0 spiro atoms. The highest BCUT2D eigenvalue weighted by Gasteiger charge is 2.36. The highest BCUT2D eigenvalue weighted by Crippen LogP contribution is 2.34. The van der Waals surface area contributed by atoms with Crippen LogP contribution < -0.4 is 5.73 Å². The van der Waals surface area contributed by atoms with Crippen LogP contribution in [0.4, 0.5) is 26.3 Å². The molecule has 0 atom stereocenters. The minimum absolute atomic E-state index is 0.0377. The average Bonchev–Trinajstić information content (AvgIpc) is 2.14. The van der Waals surface area contributed by atoms with Gasteiger partial charge in [0.05, 0.1) is 0 Å². The Labute approximate surface area is 86.1 Å². The maximum Gasteiger partial charge on any atom is 0.420 e. The summed E-state index contributed by atoms with van der Waals surface area (Å²) in [6.07, 6.45) is -8.12. The van der Waals surface area contributed by atoms with Gasteiger partial charge in [-0.15, -0.1) is 0 Å². The third-order valence-electron chi connectivity index (χ3n) is 1.86. The summed E-state index contributed by atoms with van der Waals surface area (Å²) in [5.74, 6) is -1.79. The predicted octanol–water partition coefficient (Wildman–Crippen LogP) is 2.64. The van der Waals surface area contributed by atoms with E-state index in [-0.39, 0.29) is 6.20 Å². The fraction of sp³-hybridized carbons (Fsp3) is 0.375. The zero-order valence-electron chi connectivity index (χ0n) is 7.65. The summed E-state index contributed by atoms with van der Waals surface area (Å²) in [6, 6.07) is 0. The van der Waals surface area contributed by atoms with Crippen molar-refractivity contribution in [2.75, 3.05) is 0 Å². The standard InChI is InChI=1S/C8H6F6N2/c9-5-3(1-15)6(7(10)11)16-2-4(5)8(12,13)14/h2,7H,1,15H2. The average molecular weight is 244 g/mol. The molecule has 0 aromatic carbocycles. The Morgan fingerprint density at radius 3 is 2.25 bits per heavy atom. The lowest BCUT2D eigenvalue weighted by atomic mass is 10.1. The molecule has 1 rings (SSSR count). The monoisotopic (exact) mass is 244 g/mol. The van der Waals surface area contributed by atoms with Crippen LogP contribution in [-0.2, 0) is 12.7 Å². The largest absolute Gasteiger partial charge is 0.420 e. The topological polar surface area (TPSA) is 38.9 Å². The summed E-state index contributed by atoms with van der Waals surface area (Å²) in [5.41, 5.74) is 1.25.